The van der Waals surface area contributed by atoms with E-state index in [1.165, 1.54) is 44.9 Å². The number of rotatable bonds is 5. The van der Waals surface area contributed by atoms with E-state index in [2.05, 4.69) is 39.8 Å². The van der Waals surface area contributed by atoms with Crippen LogP contribution in [0.25, 0.3) is 0 Å². The molecule has 0 radical (unpaired) electrons. The summed E-state index contributed by atoms with van der Waals surface area (Å²) >= 11 is 0. The minimum absolute atomic E-state index is 0.293. The molecule has 0 saturated heterocycles. The van der Waals surface area contributed by atoms with Gasteiger partial charge in [-0.3, -0.25) is 0 Å². The van der Waals surface area contributed by atoms with Crippen LogP contribution in [0, 0.1) is 46.3 Å². The Balaban J connectivity index is 1.57. The minimum atomic E-state index is -1.16. The molecule has 0 aromatic rings. The molecule has 31 heavy (non-hydrogen) atoms. The van der Waals surface area contributed by atoms with E-state index in [4.69, 9.17) is 0 Å². The minimum Gasteiger partial charge on any atom is -0.411 e. The predicted molar refractivity (Wildman–Crippen MR) is 125 cm³/mol. The molecule has 0 bridgehead atoms. The van der Waals surface area contributed by atoms with Crippen molar-refractivity contribution in [3.05, 3.63) is 0 Å². The molecule has 4 heteroatoms. The van der Waals surface area contributed by atoms with Crippen molar-refractivity contribution in [1.82, 2.24) is 0 Å². The van der Waals surface area contributed by atoms with Gasteiger partial charge in [0.1, 0.15) is 5.60 Å². The molecule has 0 aromatic carbocycles. The number of hydrogen-bond acceptors (Lipinski definition) is 4. The second-order valence-electron chi connectivity index (χ2n) is 12.8. The predicted octanol–water partition coefficient (Wildman–Crippen LogP) is 6.02. The Hall–Kier alpha value is -0.610. The first-order chi connectivity index (χ1) is 14.6. The van der Waals surface area contributed by atoms with Crippen molar-refractivity contribution in [2.45, 2.75) is 117 Å². The van der Waals surface area contributed by atoms with Crippen molar-refractivity contribution in [1.29, 1.82) is 0 Å². The highest BCUT2D eigenvalue weighted by Crippen LogP contribution is 2.68. The van der Waals surface area contributed by atoms with Crippen molar-refractivity contribution < 1.29 is 15.4 Å². The van der Waals surface area contributed by atoms with Gasteiger partial charge < -0.3 is 15.4 Å². The number of aliphatic hydroxyl groups excluding tert-OH is 1. The maximum Gasteiger partial charge on any atom is 0.114 e. The third-order valence-electron chi connectivity index (χ3n) is 11.0. The number of hydrogen-bond donors (Lipinski definition) is 3. The molecule has 4 fully saturated rings. The Morgan fingerprint density at radius 2 is 1.74 bits per heavy atom. The van der Waals surface area contributed by atoms with Gasteiger partial charge in [-0.05, 0) is 85.9 Å². The van der Waals surface area contributed by atoms with Crippen molar-refractivity contribution >= 4 is 5.71 Å². The summed E-state index contributed by atoms with van der Waals surface area (Å²) in [6.07, 6.45) is 11.2. The van der Waals surface area contributed by atoms with E-state index in [-0.39, 0.29) is 5.41 Å². The van der Waals surface area contributed by atoms with E-state index in [1.807, 2.05) is 0 Å². The smallest absolute Gasteiger partial charge is 0.114 e. The molecule has 0 amide bonds. The Labute approximate surface area is 189 Å². The van der Waals surface area contributed by atoms with Crippen LogP contribution in [0.15, 0.2) is 5.16 Å². The summed E-state index contributed by atoms with van der Waals surface area (Å²) in [5, 5.41) is 35.7. The maximum absolute atomic E-state index is 11.8. The third-order valence-corrected chi connectivity index (χ3v) is 11.0. The normalized spacial score (nSPS) is 49.5. The maximum atomic E-state index is 11.8. The van der Waals surface area contributed by atoms with Gasteiger partial charge in [-0.1, -0.05) is 59.0 Å². The van der Waals surface area contributed by atoms with Crippen LogP contribution < -0.4 is 0 Å². The van der Waals surface area contributed by atoms with Gasteiger partial charge in [0.05, 0.1) is 11.8 Å². The fourth-order valence-corrected chi connectivity index (χ4v) is 9.19. The van der Waals surface area contributed by atoms with Crippen LogP contribution in [0.1, 0.15) is 105 Å². The summed E-state index contributed by atoms with van der Waals surface area (Å²) < 4.78 is 0. The third kappa shape index (κ3) is 3.59. The highest BCUT2D eigenvalue weighted by Gasteiger charge is 2.67. The van der Waals surface area contributed by atoms with Crippen LogP contribution in [0.2, 0.25) is 0 Å². The molecule has 0 unspecified atom stereocenters. The van der Waals surface area contributed by atoms with Gasteiger partial charge >= 0.3 is 0 Å². The van der Waals surface area contributed by atoms with Crippen LogP contribution in [-0.4, -0.2) is 32.8 Å². The Morgan fingerprint density at radius 3 is 2.42 bits per heavy atom. The largest absolute Gasteiger partial charge is 0.411 e. The van der Waals surface area contributed by atoms with Gasteiger partial charge in [-0.25, -0.2) is 0 Å². The van der Waals surface area contributed by atoms with Gasteiger partial charge in [-0.15, -0.1) is 0 Å². The van der Waals surface area contributed by atoms with E-state index in [0.717, 1.165) is 30.6 Å². The molecular formula is C27H47NO3. The molecule has 4 rings (SSSR count). The van der Waals surface area contributed by atoms with E-state index in [1.54, 1.807) is 0 Å². The second kappa shape index (κ2) is 8.31. The van der Waals surface area contributed by atoms with Crippen molar-refractivity contribution in [3.8, 4) is 0 Å². The SMILES string of the molecule is CC(C)CCC[C@@H](C)[C@H]1CC[C@@H]2[C@H]3C/C(=N\O)[C@@]4(O)C[C@@H](O)CC[C@]4(C)[C@@H]3CC[C@@]21C. The molecule has 3 N–H and O–H groups in total. The van der Waals surface area contributed by atoms with E-state index < -0.39 is 11.7 Å². The summed E-state index contributed by atoms with van der Waals surface area (Å²) in [4.78, 5) is 0. The highest BCUT2D eigenvalue weighted by molar-refractivity contribution is 5.94. The zero-order valence-corrected chi connectivity index (χ0v) is 20.6. The first-order valence-electron chi connectivity index (χ1n) is 13.2. The Kier molecular flexibility index (Phi) is 6.31. The lowest BCUT2D eigenvalue weighted by Gasteiger charge is -2.63. The van der Waals surface area contributed by atoms with Crippen molar-refractivity contribution in [2.75, 3.05) is 0 Å². The molecule has 4 nitrogen and oxygen atoms in total. The average molecular weight is 434 g/mol. The fraction of sp³-hybridized carbons (Fsp3) is 0.963. The lowest BCUT2D eigenvalue weighted by atomic mass is 9.42. The molecule has 4 aliphatic rings. The Bertz CT molecular complexity index is 692. The van der Waals surface area contributed by atoms with Crippen LogP contribution in [0.5, 0.6) is 0 Å². The molecule has 178 valence electrons. The zero-order valence-electron chi connectivity index (χ0n) is 20.6. The van der Waals surface area contributed by atoms with Gasteiger partial charge in [0.15, 0.2) is 0 Å². The first kappa shape index (κ1) is 23.5. The molecule has 0 aliphatic heterocycles. The van der Waals surface area contributed by atoms with Gasteiger partial charge in [0.2, 0.25) is 0 Å². The summed E-state index contributed by atoms with van der Waals surface area (Å²) in [6, 6.07) is 0. The quantitative estimate of drug-likeness (QED) is 0.366. The lowest BCUT2D eigenvalue weighted by Crippen LogP contribution is -2.67. The van der Waals surface area contributed by atoms with Gasteiger partial charge in [-0.2, -0.15) is 0 Å². The molecule has 4 saturated carbocycles. The number of fused-ring (bicyclic) bond motifs is 5. The molecule has 0 heterocycles. The van der Waals surface area contributed by atoms with Crippen molar-refractivity contribution in [3.63, 3.8) is 0 Å². The number of aliphatic hydroxyl groups is 2. The fourth-order valence-electron chi connectivity index (χ4n) is 9.19. The van der Waals surface area contributed by atoms with Gasteiger partial charge in [0.25, 0.3) is 0 Å². The Morgan fingerprint density at radius 1 is 1.00 bits per heavy atom. The summed E-state index contributed by atoms with van der Waals surface area (Å²) in [5.74, 6) is 3.98. The monoisotopic (exact) mass is 433 g/mol. The molecule has 4 aliphatic carbocycles. The summed E-state index contributed by atoms with van der Waals surface area (Å²) in [7, 11) is 0. The van der Waals surface area contributed by atoms with Gasteiger partial charge in [0, 0.05) is 11.8 Å². The first-order valence-corrected chi connectivity index (χ1v) is 13.2. The molecular weight excluding hydrogens is 386 g/mol. The molecule has 9 atom stereocenters. The van der Waals surface area contributed by atoms with E-state index >= 15 is 0 Å². The van der Waals surface area contributed by atoms with Crippen LogP contribution >= 0.6 is 0 Å². The standard InChI is InChI=1S/C27H47NO3/c1-17(2)7-6-8-18(3)21-9-10-22-20-15-24(28-31)27(30)16-19(29)11-14-26(27,5)23(20)12-13-25(21,22)4/h17-23,29-31H,6-16H2,1-5H3/b28-24+/t18-,19+,20-,21-,22-,23-,25-,26-,27+/m1/s1. The average Bonchev–Trinajstić information content (AvgIpc) is 3.05. The topological polar surface area (TPSA) is 73.1 Å². The van der Waals surface area contributed by atoms with Crippen LogP contribution in [0.4, 0.5) is 0 Å². The lowest BCUT2D eigenvalue weighted by molar-refractivity contribution is -0.170. The van der Waals surface area contributed by atoms with Crippen molar-refractivity contribution in [2.24, 2.45) is 51.5 Å². The van der Waals surface area contributed by atoms with E-state index in [0.29, 0.717) is 41.7 Å². The second-order valence-corrected chi connectivity index (χ2v) is 12.8. The summed E-state index contributed by atoms with van der Waals surface area (Å²) in [6.45, 7) is 11.9. The number of oxime groups is 1. The summed E-state index contributed by atoms with van der Waals surface area (Å²) in [5.41, 5.74) is -0.526. The zero-order chi connectivity index (χ0) is 22.6. The highest BCUT2D eigenvalue weighted by atomic mass is 16.4. The molecule has 0 aromatic heterocycles. The van der Waals surface area contributed by atoms with Crippen LogP contribution in [-0.2, 0) is 0 Å². The number of nitrogens with zero attached hydrogens (tertiary/aromatic N) is 1. The van der Waals surface area contributed by atoms with E-state index in [9.17, 15) is 15.4 Å². The van der Waals surface area contributed by atoms with Crippen LogP contribution in [0.3, 0.4) is 0 Å². The molecule has 0 spiro atoms.